The number of rotatable bonds is 6. The largest absolute Gasteiger partial charge is 0.480 e. The standard InChI is InChI=1S/C13H17NO2/c1-2-12(13(15)16)14-10-6-9-11-7-4-3-5-8-11/h3-9,12,14H,2,10H2,1H3,(H,15,16). The fourth-order valence-electron chi connectivity index (χ4n) is 1.38. The van der Waals surface area contributed by atoms with E-state index in [4.69, 9.17) is 5.11 Å². The molecule has 0 saturated carbocycles. The zero-order valence-corrected chi connectivity index (χ0v) is 9.39. The van der Waals surface area contributed by atoms with Crippen LogP contribution in [0.5, 0.6) is 0 Å². The second-order valence-corrected chi connectivity index (χ2v) is 3.52. The number of nitrogens with one attached hydrogen (secondary N) is 1. The summed E-state index contributed by atoms with van der Waals surface area (Å²) in [6, 6.07) is 9.46. The van der Waals surface area contributed by atoms with Gasteiger partial charge in [-0.3, -0.25) is 4.79 Å². The minimum atomic E-state index is -0.796. The van der Waals surface area contributed by atoms with E-state index in [-0.39, 0.29) is 0 Å². The highest BCUT2D eigenvalue weighted by Gasteiger charge is 2.11. The minimum Gasteiger partial charge on any atom is -0.480 e. The molecule has 0 heterocycles. The van der Waals surface area contributed by atoms with Crippen molar-refractivity contribution in [2.75, 3.05) is 6.54 Å². The van der Waals surface area contributed by atoms with Crippen LogP contribution in [0.1, 0.15) is 18.9 Å². The van der Waals surface area contributed by atoms with E-state index in [1.165, 1.54) is 0 Å². The van der Waals surface area contributed by atoms with Gasteiger partial charge in [0, 0.05) is 6.54 Å². The van der Waals surface area contributed by atoms with Crippen LogP contribution in [0.2, 0.25) is 0 Å². The van der Waals surface area contributed by atoms with Gasteiger partial charge >= 0.3 is 5.97 Å². The van der Waals surface area contributed by atoms with E-state index in [9.17, 15) is 4.79 Å². The Morgan fingerprint density at radius 1 is 1.44 bits per heavy atom. The van der Waals surface area contributed by atoms with Gasteiger partial charge in [-0.05, 0) is 12.0 Å². The van der Waals surface area contributed by atoms with Crippen LogP contribution in [0.25, 0.3) is 6.08 Å². The van der Waals surface area contributed by atoms with Gasteiger partial charge in [0.25, 0.3) is 0 Å². The molecule has 3 nitrogen and oxygen atoms in total. The molecule has 0 fully saturated rings. The first-order valence-electron chi connectivity index (χ1n) is 5.41. The van der Waals surface area contributed by atoms with Gasteiger partial charge in [-0.15, -0.1) is 0 Å². The second kappa shape index (κ2) is 6.80. The van der Waals surface area contributed by atoms with E-state index in [1.54, 1.807) is 0 Å². The second-order valence-electron chi connectivity index (χ2n) is 3.52. The van der Waals surface area contributed by atoms with Gasteiger partial charge in [0.2, 0.25) is 0 Å². The molecule has 0 aliphatic rings. The van der Waals surface area contributed by atoms with Gasteiger partial charge in [0.1, 0.15) is 6.04 Å². The van der Waals surface area contributed by atoms with Gasteiger partial charge in [0.15, 0.2) is 0 Å². The highest BCUT2D eigenvalue weighted by atomic mass is 16.4. The molecule has 86 valence electrons. The first kappa shape index (κ1) is 12.5. The summed E-state index contributed by atoms with van der Waals surface area (Å²) in [6.07, 6.45) is 4.50. The Hall–Kier alpha value is -1.61. The fraction of sp³-hybridized carbons (Fsp3) is 0.308. The SMILES string of the molecule is CCC(NCC=Cc1ccccc1)C(=O)O. The third-order valence-corrected chi connectivity index (χ3v) is 2.30. The third-order valence-electron chi connectivity index (χ3n) is 2.30. The van der Waals surface area contributed by atoms with E-state index in [1.807, 2.05) is 49.4 Å². The molecule has 0 aromatic heterocycles. The Morgan fingerprint density at radius 3 is 2.69 bits per heavy atom. The van der Waals surface area contributed by atoms with E-state index in [0.29, 0.717) is 13.0 Å². The summed E-state index contributed by atoms with van der Waals surface area (Å²) >= 11 is 0. The maximum atomic E-state index is 10.7. The van der Waals surface area contributed by atoms with Crippen LogP contribution >= 0.6 is 0 Å². The average Bonchev–Trinajstić information content (AvgIpc) is 2.30. The number of carboxylic acid groups (broad SMARTS) is 1. The number of hydrogen-bond acceptors (Lipinski definition) is 2. The van der Waals surface area contributed by atoms with Gasteiger partial charge in [-0.25, -0.2) is 0 Å². The smallest absolute Gasteiger partial charge is 0.320 e. The maximum Gasteiger partial charge on any atom is 0.320 e. The number of carboxylic acids is 1. The van der Waals surface area contributed by atoms with Crippen molar-refractivity contribution in [2.45, 2.75) is 19.4 Å². The molecule has 2 N–H and O–H groups in total. The van der Waals surface area contributed by atoms with Gasteiger partial charge in [-0.1, -0.05) is 49.4 Å². The number of benzene rings is 1. The summed E-state index contributed by atoms with van der Waals surface area (Å²) in [7, 11) is 0. The molecule has 1 aromatic carbocycles. The van der Waals surface area contributed by atoms with Crippen LogP contribution in [-0.2, 0) is 4.79 Å². The van der Waals surface area contributed by atoms with E-state index in [2.05, 4.69) is 5.32 Å². The van der Waals surface area contributed by atoms with E-state index < -0.39 is 12.0 Å². The molecule has 0 amide bonds. The molecular weight excluding hydrogens is 202 g/mol. The summed E-state index contributed by atoms with van der Waals surface area (Å²) in [5.74, 6) is -0.796. The summed E-state index contributed by atoms with van der Waals surface area (Å²) in [4.78, 5) is 10.7. The lowest BCUT2D eigenvalue weighted by molar-refractivity contribution is -0.139. The normalized spacial score (nSPS) is 12.8. The average molecular weight is 219 g/mol. The fourth-order valence-corrected chi connectivity index (χ4v) is 1.38. The highest BCUT2D eigenvalue weighted by molar-refractivity contribution is 5.73. The summed E-state index contributed by atoms with van der Waals surface area (Å²) in [5, 5.41) is 11.8. The maximum absolute atomic E-state index is 10.7. The topological polar surface area (TPSA) is 49.3 Å². The van der Waals surface area contributed by atoms with Crippen molar-refractivity contribution in [3.8, 4) is 0 Å². The van der Waals surface area contributed by atoms with Crippen molar-refractivity contribution in [3.05, 3.63) is 42.0 Å². The van der Waals surface area contributed by atoms with Crippen molar-refractivity contribution in [2.24, 2.45) is 0 Å². The Balaban J connectivity index is 2.35. The number of hydrogen-bond donors (Lipinski definition) is 2. The molecule has 1 rings (SSSR count). The van der Waals surface area contributed by atoms with Crippen LogP contribution in [0, 0.1) is 0 Å². The molecule has 0 saturated heterocycles. The summed E-state index contributed by atoms with van der Waals surface area (Å²) < 4.78 is 0. The first-order chi connectivity index (χ1) is 7.74. The lowest BCUT2D eigenvalue weighted by Crippen LogP contribution is -2.35. The molecule has 1 unspecified atom stereocenters. The van der Waals surface area contributed by atoms with Crippen LogP contribution in [0.15, 0.2) is 36.4 Å². The van der Waals surface area contributed by atoms with Gasteiger partial charge in [0.05, 0.1) is 0 Å². The molecular formula is C13H17NO2. The van der Waals surface area contributed by atoms with Crippen molar-refractivity contribution >= 4 is 12.0 Å². The number of carbonyl (C=O) groups is 1. The lowest BCUT2D eigenvalue weighted by atomic mass is 10.2. The zero-order chi connectivity index (χ0) is 11.8. The Bertz CT molecular complexity index is 346. The Kier molecular flexibility index (Phi) is 5.29. The predicted molar refractivity (Wildman–Crippen MR) is 65.2 cm³/mol. The summed E-state index contributed by atoms with van der Waals surface area (Å²) in [5.41, 5.74) is 1.12. The molecule has 0 bridgehead atoms. The van der Waals surface area contributed by atoms with E-state index >= 15 is 0 Å². The van der Waals surface area contributed by atoms with Crippen molar-refractivity contribution < 1.29 is 9.90 Å². The molecule has 1 aromatic rings. The third kappa shape index (κ3) is 4.28. The summed E-state index contributed by atoms with van der Waals surface area (Å²) in [6.45, 7) is 2.42. The Morgan fingerprint density at radius 2 is 2.12 bits per heavy atom. The lowest BCUT2D eigenvalue weighted by Gasteiger charge is -2.09. The minimum absolute atomic E-state index is 0.458. The molecule has 0 radical (unpaired) electrons. The Labute approximate surface area is 95.8 Å². The van der Waals surface area contributed by atoms with Gasteiger partial charge in [-0.2, -0.15) is 0 Å². The molecule has 0 aliphatic heterocycles. The van der Waals surface area contributed by atoms with Gasteiger partial charge < -0.3 is 10.4 Å². The molecule has 0 spiro atoms. The number of aliphatic carboxylic acids is 1. The van der Waals surface area contributed by atoms with Crippen LogP contribution in [-0.4, -0.2) is 23.7 Å². The predicted octanol–water partition coefficient (Wildman–Crippen LogP) is 2.15. The molecule has 16 heavy (non-hydrogen) atoms. The molecule has 0 aliphatic carbocycles. The highest BCUT2D eigenvalue weighted by Crippen LogP contribution is 2.00. The molecule has 3 heteroatoms. The zero-order valence-electron chi connectivity index (χ0n) is 9.39. The van der Waals surface area contributed by atoms with Crippen molar-refractivity contribution in [1.82, 2.24) is 5.32 Å². The monoisotopic (exact) mass is 219 g/mol. The quantitative estimate of drug-likeness (QED) is 0.770. The van der Waals surface area contributed by atoms with Crippen molar-refractivity contribution in [3.63, 3.8) is 0 Å². The van der Waals surface area contributed by atoms with Crippen LogP contribution in [0.4, 0.5) is 0 Å². The molecule has 1 atom stereocenters. The van der Waals surface area contributed by atoms with E-state index in [0.717, 1.165) is 5.56 Å². The van der Waals surface area contributed by atoms with Crippen molar-refractivity contribution in [1.29, 1.82) is 0 Å². The first-order valence-corrected chi connectivity index (χ1v) is 5.41. The van der Waals surface area contributed by atoms with Crippen LogP contribution in [0.3, 0.4) is 0 Å². The van der Waals surface area contributed by atoms with Crippen LogP contribution < -0.4 is 5.32 Å².